The van der Waals surface area contributed by atoms with Gasteiger partial charge in [0.25, 0.3) is 0 Å². The third-order valence-electron chi connectivity index (χ3n) is 3.40. The van der Waals surface area contributed by atoms with Crippen LogP contribution in [0, 0.1) is 15.9 Å². The Morgan fingerprint density at radius 2 is 2.37 bits per heavy atom. The molecule has 6 heteroatoms. The minimum Gasteiger partial charge on any atom is -0.362 e. The second-order valence-corrected chi connectivity index (χ2v) is 4.70. The molecule has 0 aliphatic carbocycles. The molecule has 1 N–H and O–H groups in total. The maximum atomic E-state index is 13.7. The summed E-state index contributed by atoms with van der Waals surface area (Å²) >= 11 is 0. The van der Waals surface area contributed by atoms with Crippen molar-refractivity contribution in [2.24, 2.45) is 0 Å². The number of halogens is 1. The van der Waals surface area contributed by atoms with Gasteiger partial charge >= 0.3 is 5.69 Å². The average molecular weight is 267 g/mol. The molecule has 1 fully saturated rings. The van der Waals surface area contributed by atoms with Gasteiger partial charge in [-0.05, 0) is 31.5 Å². The van der Waals surface area contributed by atoms with Crippen LogP contribution in [0.15, 0.2) is 18.2 Å². The summed E-state index contributed by atoms with van der Waals surface area (Å²) in [6, 6.07) is 4.50. The highest BCUT2D eigenvalue weighted by Gasteiger charge is 2.29. The summed E-state index contributed by atoms with van der Waals surface area (Å²) < 4.78 is 13.7. The molecule has 0 saturated carbocycles. The molecule has 0 spiro atoms. The Morgan fingerprint density at radius 3 is 2.95 bits per heavy atom. The van der Waals surface area contributed by atoms with Gasteiger partial charge < -0.3 is 10.2 Å². The van der Waals surface area contributed by atoms with Crippen LogP contribution < -0.4 is 10.2 Å². The highest BCUT2D eigenvalue weighted by atomic mass is 19.1. The van der Waals surface area contributed by atoms with E-state index in [9.17, 15) is 14.5 Å². The number of hydrogen-bond donors (Lipinski definition) is 1. The largest absolute Gasteiger partial charge is 0.362 e. The van der Waals surface area contributed by atoms with E-state index < -0.39 is 16.4 Å². The van der Waals surface area contributed by atoms with Gasteiger partial charge in [0.05, 0.1) is 4.92 Å². The van der Waals surface area contributed by atoms with Crippen molar-refractivity contribution >= 4 is 11.4 Å². The molecule has 1 saturated heterocycles. The minimum absolute atomic E-state index is 0.195. The Kier molecular flexibility index (Phi) is 4.31. The fourth-order valence-corrected chi connectivity index (χ4v) is 2.56. The summed E-state index contributed by atoms with van der Waals surface area (Å²) in [6.45, 7) is 4.39. The van der Waals surface area contributed by atoms with E-state index in [1.807, 2.05) is 11.8 Å². The fourth-order valence-electron chi connectivity index (χ4n) is 2.56. The van der Waals surface area contributed by atoms with Crippen molar-refractivity contribution in [3.63, 3.8) is 0 Å². The molecule has 1 aromatic carbocycles. The average Bonchev–Trinajstić information content (AvgIpc) is 2.88. The molecular weight excluding hydrogens is 249 g/mol. The second kappa shape index (κ2) is 5.97. The molecular formula is C13H18FN3O2. The number of anilines is 1. The number of hydrogen-bond acceptors (Lipinski definition) is 4. The number of nitrogens with zero attached hydrogens (tertiary/aromatic N) is 2. The first-order chi connectivity index (χ1) is 9.15. The van der Waals surface area contributed by atoms with Crippen molar-refractivity contribution < 1.29 is 9.31 Å². The maximum absolute atomic E-state index is 13.7. The zero-order valence-corrected chi connectivity index (χ0v) is 10.9. The topological polar surface area (TPSA) is 58.4 Å². The van der Waals surface area contributed by atoms with Crippen molar-refractivity contribution in [3.8, 4) is 0 Å². The van der Waals surface area contributed by atoms with E-state index in [1.165, 1.54) is 6.07 Å². The van der Waals surface area contributed by atoms with Gasteiger partial charge in [0.2, 0.25) is 5.82 Å². The Labute approximate surface area is 111 Å². The van der Waals surface area contributed by atoms with E-state index >= 15 is 0 Å². The Hall–Kier alpha value is -1.69. The molecule has 0 bridgehead atoms. The number of nitro groups is 1. The lowest BCUT2D eigenvalue weighted by Gasteiger charge is -2.30. The summed E-state index contributed by atoms with van der Waals surface area (Å²) in [4.78, 5) is 12.4. The quantitative estimate of drug-likeness (QED) is 0.657. The monoisotopic (exact) mass is 267 g/mol. The zero-order chi connectivity index (χ0) is 13.8. The molecule has 0 radical (unpaired) electrons. The molecule has 1 aliphatic rings. The van der Waals surface area contributed by atoms with Crippen LogP contribution in [0.1, 0.15) is 19.8 Å². The van der Waals surface area contributed by atoms with E-state index in [1.54, 1.807) is 6.07 Å². The van der Waals surface area contributed by atoms with Crippen LogP contribution in [0.5, 0.6) is 0 Å². The summed E-state index contributed by atoms with van der Waals surface area (Å²) in [7, 11) is 0. The number of para-hydroxylation sites is 1. The Balaban J connectivity index is 2.40. The molecule has 104 valence electrons. The van der Waals surface area contributed by atoms with Gasteiger partial charge in [-0.3, -0.25) is 10.1 Å². The first-order valence-electron chi connectivity index (χ1n) is 6.55. The van der Waals surface area contributed by atoms with Crippen molar-refractivity contribution in [1.82, 2.24) is 5.32 Å². The van der Waals surface area contributed by atoms with Gasteiger partial charge in [-0.25, -0.2) is 0 Å². The standard InChI is InChI=1S/C13H18FN3O2/c1-2-8-16(10-6-7-15-9-10)12-5-3-4-11(14)13(12)17(18)19/h3-5,10,15H,2,6-9H2,1H3. The summed E-state index contributed by atoms with van der Waals surface area (Å²) in [6.07, 6.45) is 1.79. The predicted octanol–water partition coefficient (Wildman–Crippen LogP) is 2.31. The van der Waals surface area contributed by atoms with Gasteiger partial charge in [-0.1, -0.05) is 13.0 Å². The van der Waals surface area contributed by atoms with Crippen LogP contribution in [-0.2, 0) is 0 Å². The highest BCUT2D eigenvalue weighted by molar-refractivity contribution is 5.64. The molecule has 1 aliphatic heterocycles. The van der Waals surface area contributed by atoms with Gasteiger partial charge in [0.15, 0.2) is 0 Å². The van der Waals surface area contributed by atoms with Crippen LogP contribution in [0.4, 0.5) is 15.8 Å². The lowest BCUT2D eigenvalue weighted by molar-refractivity contribution is -0.386. The van der Waals surface area contributed by atoms with Crippen molar-refractivity contribution in [3.05, 3.63) is 34.1 Å². The molecule has 1 aromatic rings. The van der Waals surface area contributed by atoms with Gasteiger partial charge in [-0.15, -0.1) is 0 Å². The molecule has 1 heterocycles. The first-order valence-corrected chi connectivity index (χ1v) is 6.55. The van der Waals surface area contributed by atoms with Crippen molar-refractivity contribution in [2.75, 3.05) is 24.5 Å². The molecule has 0 aromatic heterocycles. The van der Waals surface area contributed by atoms with Crippen molar-refractivity contribution in [2.45, 2.75) is 25.8 Å². The van der Waals surface area contributed by atoms with Crippen LogP contribution in [-0.4, -0.2) is 30.6 Å². The summed E-state index contributed by atoms with van der Waals surface area (Å²) in [5.74, 6) is -0.769. The Morgan fingerprint density at radius 1 is 1.58 bits per heavy atom. The van der Waals surface area contributed by atoms with E-state index in [2.05, 4.69) is 5.32 Å². The molecule has 19 heavy (non-hydrogen) atoms. The predicted molar refractivity (Wildman–Crippen MR) is 72.0 cm³/mol. The second-order valence-electron chi connectivity index (χ2n) is 4.70. The number of rotatable bonds is 5. The van der Waals surface area contributed by atoms with Crippen LogP contribution >= 0.6 is 0 Å². The minimum atomic E-state index is -0.769. The first kappa shape index (κ1) is 13.7. The summed E-state index contributed by atoms with van der Waals surface area (Å²) in [5.41, 5.74) is -0.0246. The summed E-state index contributed by atoms with van der Waals surface area (Å²) in [5, 5.41) is 14.3. The molecule has 1 atom stereocenters. The molecule has 0 amide bonds. The molecule has 5 nitrogen and oxygen atoms in total. The van der Waals surface area contributed by atoms with Crippen LogP contribution in [0.2, 0.25) is 0 Å². The van der Waals surface area contributed by atoms with E-state index in [-0.39, 0.29) is 6.04 Å². The smallest absolute Gasteiger partial charge is 0.327 e. The van der Waals surface area contributed by atoms with E-state index in [0.29, 0.717) is 12.2 Å². The number of nitro benzene ring substituents is 1. The molecule has 1 unspecified atom stereocenters. The van der Waals surface area contributed by atoms with E-state index in [0.717, 1.165) is 32.0 Å². The van der Waals surface area contributed by atoms with Crippen LogP contribution in [0.25, 0.3) is 0 Å². The third kappa shape index (κ3) is 2.84. The highest BCUT2D eigenvalue weighted by Crippen LogP contribution is 2.33. The normalized spacial score (nSPS) is 18.5. The SMILES string of the molecule is CCCN(c1cccc(F)c1[N+](=O)[O-])C1CCNC1. The number of benzene rings is 1. The zero-order valence-electron chi connectivity index (χ0n) is 10.9. The van der Waals surface area contributed by atoms with Gasteiger partial charge in [0.1, 0.15) is 5.69 Å². The maximum Gasteiger partial charge on any atom is 0.327 e. The fraction of sp³-hybridized carbons (Fsp3) is 0.538. The van der Waals surface area contributed by atoms with Crippen molar-refractivity contribution in [1.29, 1.82) is 0 Å². The third-order valence-corrected chi connectivity index (χ3v) is 3.40. The number of nitrogens with one attached hydrogen (secondary N) is 1. The van der Waals surface area contributed by atoms with Gasteiger partial charge in [-0.2, -0.15) is 4.39 Å². The van der Waals surface area contributed by atoms with Gasteiger partial charge in [0, 0.05) is 19.1 Å². The molecule has 2 rings (SSSR count). The van der Waals surface area contributed by atoms with E-state index in [4.69, 9.17) is 0 Å². The lowest BCUT2D eigenvalue weighted by Crippen LogP contribution is -2.38. The Bertz CT molecular complexity index is 461. The van der Waals surface area contributed by atoms with Crippen LogP contribution in [0.3, 0.4) is 0 Å². The lowest BCUT2D eigenvalue weighted by atomic mass is 10.1.